The van der Waals surface area contributed by atoms with E-state index in [0.29, 0.717) is 11.8 Å². The van der Waals surface area contributed by atoms with Gasteiger partial charge in [0.1, 0.15) is 17.5 Å². The molecule has 2 saturated heterocycles. The number of esters is 2. The zero-order valence-corrected chi connectivity index (χ0v) is 33.1. The zero-order chi connectivity index (χ0) is 43.6. The van der Waals surface area contributed by atoms with Gasteiger partial charge in [0.05, 0.1) is 50.5 Å². The normalized spacial score (nSPS) is 15.8. The number of hydrogen-bond donors (Lipinski definition) is 2. The lowest BCUT2D eigenvalue weighted by Gasteiger charge is -2.48. The summed E-state index contributed by atoms with van der Waals surface area (Å²) in [4.78, 5) is 60.5. The van der Waals surface area contributed by atoms with Gasteiger partial charge in [-0.2, -0.15) is 26.3 Å². The number of likely N-dealkylation sites (tertiary alicyclic amines) is 2. The number of rotatable bonds is 8. The number of alkyl halides is 6. The lowest BCUT2D eigenvalue weighted by atomic mass is 9.89. The number of carbonyl (C=O) groups excluding carboxylic acids is 5. The molecule has 0 atom stereocenters. The fourth-order valence-corrected chi connectivity index (χ4v) is 4.97. The summed E-state index contributed by atoms with van der Waals surface area (Å²) in [6.07, 6.45) is -9.23. The molecule has 2 fully saturated rings. The van der Waals surface area contributed by atoms with Gasteiger partial charge in [-0.15, -0.1) is 0 Å². The molecule has 2 amide bonds. The molecule has 318 valence electrons. The van der Waals surface area contributed by atoms with Crippen molar-refractivity contribution < 1.29 is 69.3 Å². The molecule has 0 aromatic heterocycles. The van der Waals surface area contributed by atoms with Crippen molar-refractivity contribution in [3.8, 4) is 0 Å². The SMILES string of the molecule is CCOC(=O)C1(N)CN(C(=O)OC(C)(C)C)C1.CCOC(=O)C1(NCc2ccc(C(F)(F)F)cc2)CN(C(=O)OC(C)(C)C)C1.O=Cc1ccc(C(F)(F)F)cc1. The van der Waals surface area contributed by atoms with Crippen molar-refractivity contribution in [3.63, 3.8) is 0 Å². The van der Waals surface area contributed by atoms with Gasteiger partial charge in [-0.3, -0.25) is 10.1 Å². The largest absolute Gasteiger partial charge is 0.465 e. The highest BCUT2D eigenvalue weighted by Crippen LogP contribution is 2.31. The second-order valence-corrected chi connectivity index (χ2v) is 15.1. The van der Waals surface area contributed by atoms with E-state index in [9.17, 15) is 50.3 Å². The van der Waals surface area contributed by atoms with Crippen molar-refractivity contribution in [1.29, 1.82) is 0 Å². The Balaban J connectivity index is 0.000000327. The maximum absolute atomic E-state index is 12.7. The zero-order valence-electron chi connectivity index (χ0n) is 33.1. The van der Waals surface area contributed by atoms with Crippen LogP contribution < -0.4 is 11.1 Å². The van der Waals surface area contributed by atoms with E-state index in [1.54, 1.807) is 55.4 Å². The number of nitrogens with two attached hydrogens (primary N) is 1. The summed E-state index contributed by atoms with van der Waals surface area (Å²) in [5.74, 6) is -0.985. The van der Waals surface area contributed by atoms with Crippen LogP contribution in [0.3, 0.4) is 0 Å². The van der Waals surface area contributed by atoms with Gasteiger partial charge in [0, 0.05) is 12.1 Å². The number of ether oxygens (including phenoxy) is 4. The fourth-order valence-electron chi connectivity index (χ4n) is 4.97. The molecule has 2 aromatic rings. The Bertz CT molecular complexity index is 1680. The van der Waals surface area contributed by atoms with E-state index < -0.39 is 69.9 Å². The predicted molar refractivity (Wildman–Crippen MR) is 194 cm³/mol. The maximum Gasteiger partial charge on any atom is 0.416 e. The second kappa shape index (κ2) is 19.0. The molecular weight excluding hydrogens is 770 g/mol. The lowest BCUT2D eigenvalue weighted by Crippen LogP contribution is -2.74. The van der Waals surface area contributed by atoms with Crippen LogP contribution in [0.4, 0.5) is 35.9 Å². The quantitative estimate of drug-likeness (QED) is 0.132. The van der Waals surface area contributed by atoms with Gasteiger partial charge in [0.25, 0.3) is 0 Å². The van der Waals surface area contributed by atoms with Gasteiger partial charge < -0.3 is 34.5 Å². The third-order valence-corrected chi connectivity index (χ3v) is 7.81. The molecule has 57 heavy (non-hydrogen) atoms. The third-order valence-electron chi connectivity index (χ3n) is 7.81. The molecular formula is C38H50F6N4O9. The molecule has 0 unspecified atom stereocenters. The average Bonchev–Trinajstić information content (AvgIpc) is 3.05. The Morgan fingerprint density at radius 2 is 1.07 bits per heavy atom. The highest BCUT2D eigenvalue weighted by molar-refractivity contribution is 5.86. The first kappa shape index (κ1) is 48.2. The van der Waals surface area contributed by atoms with Gasteiger partial charge in [-0.1, -0.05) is 24.3 Å². The average molecular weight is 821 g/mol. The number of aldehydes is 1. The number of benzene rings is 2. The molecule has 0 radical (unpaired) electrons. The Labute approximate surface area is 327 Å². The van der Waals surface area contributed by atoms with Crippen LogP contribution in [0.25, 0.3) is 0 Å². The molecule has 19 heteroatoms. The highest BCUT2D eigenvalue weighted by Gasteiger charge is 2.53. The number of nitrogens with one attached hydrogen (secondary N) is 1. The van der Waals surface area contributed by atoms with Crippen molar-refractivity contribution in [2.75, 3.05) is 39.4 Å². The molecule has 0 spiro atoms. The van der Waals surface area contributed by atoms with Gasteiger partial charge in [-0.25, -0.2) is 19.2 Å². The molecule has 4 rings (SSSR count). The molecule has 2 aromatic carbocycles. The van der Waals surface area contributed by atoms with Gasteiger partial charge >= 0.3 is 36.5 Å². The van der Waals surface area contributed by atoms with Crippen LogP contribution in [0, 0.1) is 0 Å². The van der Waals surface area contributed by atoms with Crippen LogP contribution >= 0.6 is 0 Å². The van der Waals surface area contributed by atoms with Crippen molar-refractivity contribution >= 4 is 30.4 Å². The van der Waals surface area contributed by atoms with Crippen LogP contribution in [-0.2, 0) is 47.4 Å². The maximum atomic E-state index is 12.7. The van der Waals surface area contributed by atoms with E-state index in [-0.39, 0.29) is 51.5 Å². The van der Waals surface area contributed by atoms with Crippen LogP contribution in [0.5, 0.6) is 0 Å². The number of amides is 2. The number of carbonyl (C=O) groups is 5. The van der Waals surface area contributed by atoms with Gasteiger partial charge in [-0.05, 0) is 85.2 Å². The number of halogens is 6. The minimum atomic E-state index is -4.40. The summed E-state index contributed by atoms with van der Waals surface area (Å²) < 4.78 is 94.2. The number of nitrogens with zero attached hydrogens (tertiary/aromatic N) is 2. The summed E-state index contributed by atoms with van der Waals surface area (Å²) in [5.41, 5.74) is 1.73. The number of hydrogen-bond acceptors (Lipinski definition) is 11. The van der Waals surface area contributed by atoms with E-state index in [4.69, 9.17) is 24.7 Å². The Morgan fingerprint density at radius 3 is 1.44 bits per heavy atom. The molecule has 3 N–H and O–H groups in total. The van der Waals surface area contributed by atoms with Crippen LogP contribution in [0.15, 0.2) is 48.5 Å². The standard InChI is InChI=1S/C19H25F3N2O4.C11H20N2O4.C8H5F3O/c1-5-27-15(25)18(11-24(12-18)16(26)28-17(2,3)4)23-10-13-6-8-14(9-7-13)19(20,21)22;1-5-16-8(14)11(12)6-13(7-11)9(15)17-10(2,3)4;9-8(10,11)7-3-1-6(5-12)2-4-7/h6-9,23H,5,10-12H2,1-4H3;5-7,12H2,1-4H3;1-5H. The molecule has 2 aliphatic heterocycles. The summed E-state index contributed by atoms with van der Waals surface area (Å²) in [6, 6.07) is 8.70. The third kappa shape index (κ3) is 14.8. The van der Waals surface area contributed by atoms with Crippen molar-refractivity contribution in [2.45, 2.75) is 96.6 Å². The molecule has 0 bridgehead atoms. The van der Waals surface area contributed by atoms with E-state index >= 15 is 0 Å². The first-order chi connectivity index (χ1) is 26.1. The second-order valence-electron chi connectivity index (χ2n) is 15.1. The molecule has 0 saturated carbocycles. The Hall–Kier alpha value is -4.91. The minimum Gasteiger partial charge on any atom is -0.465 e. The molecule has 0 aliphatic carbocycles. The monoisotopic (exact) mass is 820 g/mol. The van der Waals surface area contributed by atoms with Crippen molar-refractivity contribution in [3.05, 3.63) is 70.8 Å². The summed E-state index contributed by atoms with van der Waals surface area (Å²) >= 11 is 0. The van der Waals surface area contributed by atoms with E-state index in [0.717, 1.165) is 36.4 Å². The summed E-state index contributed by atoms with van der Waals surface area (Å²) in [5, 5.41) is 3.03. The Morgan fingerprint density at radius 1 is 0.684 bits per heavy atom. The van der Waals surface area contributed by atoms with Gasteiger partial charge in [0.15, 0.2) is 11.1 Å². The highest BCUT2D eigenvalue weighted by atomic mass is 19.4. The predicted octanol–water partition coefficient (Wildman–Crippen LogP) is 6.36. The minimum absolute atomic E-state index is 0.0569. The lowest BCUT2D eigenvalue weighted by molar-refractivity contribution is -0.159. The van der Waals surface area contributed by atoms with E-state index in [1.807, 2.05) is 0 Å². The summed E-state index contributed by atoms with van der Waals surface area (Å²) in [6.45, 7) is 15.0. The summed E-state index contributed by atoms with van der Waals surface area (Å²) in [7, 11) is 0. The Kier molecular flexibility index (Phi) is 16.1. The van der Waals surface area contributed by atoms with Crippen LogP contribution in [-0.4, -0.2) is 102 Å². The van der Waals surface area contributed by atoms with E-state index in [2.05, 4.69) is 5.32 Å². The topological polar surface area (TPSA) is 167 Å². The van der Waals surface area contributed by atoms with E-state index in [1.165, 1.54) is 21.9 Å². The van der Waals surface area contributed by atoms with Crippen molar-refractivity contribution in [1.82, 2.24) is 15.1 Å². The van der Waals surface area contributed by atoms with Crippen molar-refractivity contribution in [2.24, 2.45) is 5.73 Å². The first-order valence-corrected chi connectivity index (χ1v) is 17.7. The smallest absolute Gasteiger partial charge is 0.416 e. The fraction of sp³-hybridized carbons (Fsp3) is 0.553. The molecule has 2 aliphatic rings. The van der Waals surface area contributed by atoms with Crippen LogP contribution in [0.1, 0.15) is 82.4 Å². The van der Waals surface area contributed by atoms with Crippen LogP contribution in [0.2, 0.25) is 0 Å². The first-order valence-electron chi connectivity index (χ1n) is 17.7. The molecule has 2 heterocycles. The molecule has 13 nitrogen and oxygen atoms in total. The van der Waals surface area contributed by atoms with Gasteiger partial charge in [0.2, 0.25) is 0 Å².